The summed E-state index contributed by atoms with van der Waals surface area (Å²) in [6.07, 6.45) is -4.83. The predicted octanol–water partition coefficient (Wildman–Crippen LogP) is -0.0459. The fourth-order valence-electron chi connectivity index (χ4n) is 1.22. The van der Waals surface area contributed by atoms with Crippen molar-refractivity contribution in [2.24, 2.45) is 5.14 Å². The zero-order valence-corrected chi connectivity index (χ0v) is 9.99. The van der Waals surface area contributed by atoms with Crippen molar-refractivity contribution in [3.63, 3.8) is 0 Å². The van der Waals surface area contributed by atoms with Crippen LogP contribution in [0.15, 0.2) is 23.1 Å². The number of anilines is 2. The Morgan fingerprint density at radius 1 is 1.39 bits per heavy atom. The molecule has 0 radical (unpaired) electrons. The molecule has 18 heavy (non-hydrogen) atoms. The summed E-state index contributed by atoms with van der Waals surface area (Å²) in [6, 6.07) is 3.77. The van der Waals surface area contributed by atoms with Crippen LogP contribution >= 0.6 is 0 Å². The minimum Gasteiger partial charge on any atom is -0.399 e. The molecule has 9 heteroatoms. The molecule has 1 aromatic carbocycles. The molecule has 102 valence electrons. The van der Waals surface area contributed by atoms with E-state index >= 15 is 0 Å². The lowest BCUT2D eigenvalue weighted by atomic mass is 10.2. The molecule has 1 rings (SSSR count). The van der Waals surface area contributed by atoms with Crippen LogP contribution in [0.2, 0.25) is 0 Å². The van der Waals surface area contributed by atoms with E-state index < -0.39 is 29.1 Å². The Morgan fingerprint density at radius 2 is 2.00 bits per heavy atom. The number of primary sulfonamides is 1. The van der Waals surface area contributed by atoms with Crippen molar-refractivity contribution in [1.29, 1.82) is 0 Å². The summed E-state index contributed by atoms with van der Waals surface area (Å²) < 4.78 is 46.7. The van der Waals surface area contributed by atoms with Crippen LogP contribution in [0.3, 0.4) is 0 Å². The third-order valence-corrected chi connectivity index (χ3v) is 3.06. The third kappa shape index (κ3) is 3.79. The number of nitrogen functional groups attached to an aromatic ring is 1. The van der Waals surface area contributed by atoms with Crippen LogP contribution in [0.1, 0.15) is 0 Å². The highest BCUT2D eigenvalue weighted by molar-refractivity contribution is 7.89. The van der Waals surface area contributed by atoms with E-state index in [-0.39, 0.29) is 16.3 Å². The van der Waals surface area contributed by atoms with Crippen LogP contribution in [0, 0.1) is 0 Å². The predicted molar refractivity (Wildman–Crippen MR) is 62.7 cm³/mol. The average molecular weight is 281 g/mol. The zero-order chi connectivity index (χ0) is 13.9. The number of rotatable bonds is 5. The SMILES string of the molecule is Nc1ccc(NCC(O)C(F)F)c(S(N)(=O)=O)c1. The molecule has 0 aromatic heterocycles. The molecule has 6 N–H and O–H groups in total. The summed E-state index contributed by atoms with van der Waals surface area (Å²) in [4.78, 5) is -0.316. The molecule has 0 saturated carbocycles. The molecule has 0 aliphatic heterocycles. The Bertz CT molecular complexity index is 522. The minimum absolute atomic E-state index is 0.00593. The van der Waals surface area contributed by atoms with Crippen molar-refractivity contribution < 1.29 is 22.3 Å². The van der Waals surface area contributed by atoms with Crippen LogP contribution in [0.4, 0.5) is 20.2 Å². The quantitative estimate of drug-likeness (QED) is 0.564. The van der Waals surface area contributed by atoms with Gasteiger partial charge in [0.25, 0.3) is 6.43 Å². The minimum atomic E-state index is -4.04. The molecule has 0 spiro atoms. The maximum Gasteiger partial charge on any atom is 0.265 e. The highest BCUT2D eigenvalue weighted by atomic mass is 32.2. The second-order valence-electron chi connectivity index (χ2n) is 3.58. The molecule has 0 fully saturated rings. The first-order valence-electron chi connectivity index (χ1n) is 4.84. The van der Waals surface area contributed by atoms with Crippen molar-refractivity contribution in [3.05, 3.63) is 18.2 Å². The van der Waals surface area contributed by atoms with Gasteiger partial charge in [-0.05, 0) is 18.2 Å². The van der Waals surface area contributed by atoms with Crippen LogP contribution in [-0.2, 0) is 10.0 Å². The van der Waals surface area contributed by atoms with Crippen molar-refractivity contribution >= 4 is 21.4 Å². The lowest BCUT2D eigenvalue weighted by Gasteiger charge is -2.14. The maximum absolute atomic E-state index is 12.1. The Morgan fingerprint density at radius 3 is 2.50 bits per heavy atom. The molecule has 0 heterocycles. The van der Waals surface area contributed by atoms with Gasteiger partial charge in [-0.3, -0.25) is 0 Å². The topological polar surface area (TPSA) is 118 Å². The Labute approximate surface area is 103 Å². The van der Waals surface area contributed by atoms with Crippen molar-refractivity contribution in [3.8, 4) is 0 Å². The smallest absolute Gasteiger partial charge is 0.265 e. The molecule has 1 atom stereocenters. The Balaban J connectivity index is 2.96. The first-order chi connectivity index (χ1) is 8.21. The lowest BCUT2D eigenvalue weighted by Crippen LogP contribution is -2.27. The normalized spacial score (nSPS) is 13.6. The summed E-state index contributed by atoms with van der Waals surface area (Å²) in [6.45, 7) is -0.510. The summed E-state index contributed by atoms with van der Waals surface area (Å²) in [5.74, 6) is 0. The molecule has 0 aliphatic rings. The number of alkyl halides is 2. The number of sulfonamides is 1. The third-order valence-electron chi connectivity index (χ3n) is 2.10. The number of nitrogens with one attached hydrogen (secondary N) is 1. The first-order valence-corrected chi connectivity index (χ1v) is 6.39. The van der Waals surface area contributed by atoms with Crippen molar-refractivity contribution in [2.75, 3.05) is 17.6 Å². The molecule has 1 aromatic rings. The van der Waals surface area contributed by atoms with Crippen LogP contribution in [0.25, 0.3) is 0 Å². The number of halogens is 2. The molecule has 0 aliphatic carbocycles. The van der Waals surface area contributed by atoms with Gasteiger partial charge >= 0.3 is 0 Å². The first kappa shape index (κ1) is 14.6. The van der Waals surface area contributed by atoms with Gasteiger partial charge in [-0.25, -0.2) is 22.3 Å². The zero-order valence-electron chi connectivity index (χ0n) is 9.18. The fraction of sp³-hybridized carbons (Fsp3) is 0.333. The van der Waals surface area contributed by atoms with Crippen molar-refractivity contribution in [1.82, 2.24) is 0 Å². The number of hydrogen-bond donors (Lipinski definition) is 4. The van der Waals surface area contributed by atoms with Crippen LogP contribution in [0.5, 0.6) is 0 Å². The number of nitrogens with two attached hydrogens (primary N) is 2. The van der Waals surface area contributed by atoms with Gasteiger partial charge in [0, 0.05) is 12.2 Å². The van der Waals surface area contributed by atoms with Crippen LogP contribution in [-0.4, -0.2) is 32.6 Å². The second-order valence-corrected chi connectivity index (χ2v) is 5.11. The van der Waals surface area contributed by atoms with E-state index in [1.165, 1.54) is 12.1 Å². The van der Waals surface area contributed by atoms with E-state index in [0.717, 1.165) is 6.07 Å². The van der Waals surface area contributed by atoms with Gasteiger partial charge in [0.2, 0.25) is 10.0 Å². The second kappa shape index (κ2) is 5.46. The maximum atomic E-state index is 12.1. The summed E-state index contributed by atoms with van der Waals surface area (Å²) in [5, 5.41) is 16.3. The van der Waals surface area contributed by atoms with Gasteiger partial charge in [0.15, 0.2) is 0 Å². The molecule has 0 saturated heterocycles. The highest BCUT2D eigenvalue weighted by Gasteiger charge is 2.19. The molecular formula is C9H13F2N3O3S. The van der Waals surface area contributed by atoms with E-state index in [1.807, 2.05) is 0 Å². The lowest BCUT2D eigenvalue weighted by molar-refractivity contribution is 0.00382. The van der Waals surface area contributed by atoms with Crippen LogP contribution < -0.4 is 16.2 Å². The number of benzene rings is 1. The largest absolute Gasteiger partial charge is 0.399 e. The Kier molecular flexibility index (Phi) is 4.43. The van der Waals surface area contributed by atoms with Gasteiger partial charge in [0.05, 0.1) is 5.69 Å². The number of hydrogen-bond acceptors (Lipinski definition) is 5. The van der Waals surface area contributed by atoms with Gasteiger partial charge in [0.1, 0.15) is 11.0 Å². The molecule has 1 unspecified atom stereocenters. The summed E-state index contributed by atoms with van der Waals surface area (Å²) >= 11 is 0. The molecular weight excluding hydrogens is 268 g/mol. The van der Waals surface area contributed by atoms with E-state index in [0.29, 0.717) is 0 Å². The van der Waals surface area contributed by atoms with Crippen molar-refractivity contribution in [2.45, 2.75) is 17.4 Å². The Hall–Kier alpha value is -1.45. The monoisotopic (exact) mass is 281 g/mol. The fourth-order valence-corrected chi connectivity index (χ4v) is 1.97. The van der Waals surface area contributed by atoms with E-state index in [2.05, 4.69) is 5.32 Å². The highest BCUT2D eigenvalue weighted by Crippen LogP contribution is 2.22. The standard InChI is InChI=1S/C9H13F2N3O3S/c10-9(11)7(15)4-14-6-2-1-5(12)3-8(6)18(13,16)17/h1-3,7,9,14-15H,4,12H2,(H2,13,16,17). The van der Waals surface area contributed by atoms with E-state index in [4.69, 9.17) is 16.0 Å². The molecule has 0 amide bonds. The number of aliphatic hydroxyl groups excluding tert-OH is 1. The molecule has 0 bridgehead atoms. The van der Waals surface area contributed by atoms with Gasteiger partial charge in [-0.1, -0.05) is 0 Å². The molecule has 6 nitrogen and oxygen atoms in total. The summed E-state index contributed by atoms with van der Waals surface area (Å²) in [5.41, 5.74) is 5.58. The van der Waals surface area contributed by atoms with Gasteiger partial charge in [-0.15, -0.1) is 0 Å². The number of aliphatic hydroxyl groups is 1. The summed E-state index contributed by atoms with van der Waals surface area (Å²) in [7, 11) is -4.04. The average Bonchev–Trinajstić information content (AvgIpc) is 2.25. The van der Waals surface area contributed by atoms with Gasteiger partial charge < -0.3 is 16.2 Å². The van der Waals surface area contributed by atoms with E-state index in [1.54, 1.807) is 0 Å². The van der Waals surface area contributed by atoms with E-state index in [9.17, 15) is 17.2 Å². The van der Waals surface area contributed by atoms with Gasteiger partial charge in [-0.2, -0.15) is 0 Å².